The lowest BCUT2D eigenvalue weighted by molar-refractivity contribution is 0.0982. The van der Waals surface area contributed by atoms with Crippen molar-refractivity contribution in [3.05, 3.63) is 53.6 Å². The first-order valence-electron chi connectivity index (χ1n) is 5.90. The molecule has 0 unspecified atom stereocenters. The highest BCUT2D eigenvalue weighted by Crippen LogP contribution is 2.35. The van der Waals surface area contributed by atoms with E-state index in [9.17, 15) is 20.1 Å². The molecule has 0 radical (unpaired) electrons. The van der Waals surface area contributed by atoms with Crippen LogP contribution in [0.4, 0.5) is 0 Å². The van der Waals surface area contributed by atoms with E-state index in [1.807, 2.05) is 30.3 Å². The van der Waals surface area contributed by atoms with Crippen LogP contribution >= 0.6 is 0 Å². The highest BCUT2D eigenvalue weighted by molar-refractivity contribution is 5.97. The Kier molecular flexibility index (Phi) is 3.71. The van der Waals surface area contributed by atoms with Crippen LogP contribution in [-0.4, -0.2) is 21.1 Å². The van der Waals surface area contributed by atoms with E-state index >= 15 is 0 Å². The molecule has 0 bridgehead atoms. The predicted molar refractivity (Wildman–Crippen MR) is 70.5 cm³/mol. The fourth-order valence-corrected chi connectivity index (χ4v) is 1.81. The van der Waals surface area contributed by atoms with Crippen molar-refractivity contribution in [1.82, 2.24) is 0 Å². The van der Waals surface area contributed by atoms with Crippen LogP contribution in [0.3, 0.4) is 0 Å². The Labute approximate surface area is 110 Å². The molecule has 98 valence electrons. The van der Waals surface area contributed by atoms with Gasteiger partial charge in [0, 0.05) is 12.0 Å². The van der Waals surface area contributed by atoms with Gasteiger partial charge in [-0.3, -0.25) is 4.79 Å². The molecule has 0 aliphatic heterocycles. The van der Waals surface area contributed by atoms with Gasteiger partial charge in [0.15, 0.2) is 23.0 Å². The van der Waals surface area contributed by atoms with Crippen molar-refractivity contribution in [2.45, 2.75) is 12.8 Å². The number of carbonyl (C=O) groups is 1. The molecule has 0 aromatic heterocycles. The zero-order chi connectivity index (χ0) is 13.8. The van der Waals surface area contributed by atoms with E-state index in [0.717, 1.165) is 17.7 Å². The number of carbonyl (C=O) groups excluding carboxylic acids is 1. The Morgan fingerprint density at radius 2 is 1.53 bits per heavy atom. The molecule has 0 heterocycles. The molecule has 0 amide bonds. The third-order valence-electron chi connectivity index (χ3n) is 2.88. The minimum Gasteiger partial charge on any atom is -0.504 e. The molecule has 0 spiro atoms. The fraction of sp³-hybridized carbons (Fsp3) is 0.133. The van der Waals surface area contributed by atoms with Gasteiger partial charge >= 0.3 is 0 Å². The van der Waals surface area contributed by atoms with Gasteiger partial charge < -0.3 is 15.3 Å². The molecule has 2 aromatic rings. The normalized spacial score (nSPS) is 10.3. The van der Waals surface area contributed by atoms with E-state index in [-0.39, 0.29) is 17.8 Å². The van der Waals surface area contributed by atoms with Gasteiger partial charge in [-0.1, -0.05) is 30.3 Å². The second-order valence-corrected chi connectivity index (χ2v) is 4.27. The van der Waals surface area contributed by atoms with Crippen LogP contribution in [0.1, 0.15) is 22.3 Å². The van der Waals surface area contributed by atoms with Gasteiger partial charge in [-0.2, -0.15) is 0 Å². The first-order valence-corrected chi connectivity index (χ1v) is 5.90. The van der Waals surface area contributed by atoms with E-state index in [0.29, 0.717) is 6.42 Å². The number of ketones is 1. The van der Waals surface area contributed by atoms with Crippen molar-refractivity contribution in [1.29, 1.82) is 0 Å². The smallest absolute Gasteiger partial charge is 0.200 e. The van der Waals surface area contributed by atoms with Crippen molar-refractivity contribution < 1.29 is 20.1 Å². The van der Waals surface area contributed by atoms with Crippen LogP contribution in [-0.2, 0) is 6.42 Å². The van der Waals surface area contributed by atoms with Gasteiger partial charge in [-0.25, -0.2) is 0 Å². The van der Waals surface area contributed by atoms with Crippen LogP contribution in [0.25, 0.3) is 0 Å². The number of phenolic OH excluding ortho intramolecular Hbond substituents is 3. The summed E-state index contributed by atoms with van der Waals surface area (Å²) in [6, 6.07) is 11.9. The van der Waals surface area contributed by atoms with Crippen LogP contribution in [0.15, 0.2) is 42.5 Å². The lowest BCUT2D eigenvalue weighted by Gasteiger charge is -2.05. The van der Waals surface area contributed by atoms with Crippen molar-refractivity contribution in [2.24, 2.45) is 0 Å². The molecule has 2 aromatic carbocycles. The molecule has 2 rings (SSSR count). The van der Waals surface area contributed by atoms with Crippen molar-refractivity contribution >= 4 is 5.78 Å². The van der Waals surface area contributed by atoms with E-state index in [4.69, 9.17) is 0 Å². The molecule has 0 fully saturated rings. The molecular weight excluding hydrogens is 244 g/mol. The van der Waals surface area contributed by atoms with Gasteiger partial charge in [0.05, 0.1) is 0 Å². The third-order valence-corrected chi connectivity index (χ3v) is 2.88. The standard InChI is InChI=1S/C15H14O4/c16-12(7-6-10-4-2-1-3-5-10)11-8-13(17)15(19)14(18)9-11/h1-5,8-9,17-19H,6-7H2. The first kappa shape index (κ1) is 13.0. The molecule has 0 atom stereocenters. The van der Waals surface area contributed by atoms with Crippen molar-refractivity contribution in [2.75, 3.05) is 0 Å². The maximum Gasteiger partial charge on any atom is 0.200 e. The Bertz CT molecular complexity index is 567. The average molecular weight is 258 g/mol. The number of aryl methyl sites for hydroxylation is 1. The lowest BCUT2D eigenvalue weighted by Crippen LogP contribution is -2.01. The summed E-state index contributed by atoms with van der Waals surface area (Å²) in [6.45, 7) is 0. The average Bonchev–Trinajstić information content (AvgIpc) is 2.42. The van der Waals surface area contributed by atoms with Gasteiger partial charge in [0.2, 0.25) is 0 Å². The van der Waals surface area contributed by atoms with Crippen LogP contribution in [0, 0.1) is 0 Å². The first-order chi connectivity index (χ1) is 9.08. The predicted octanol–water partition coefficient (Wildman–Crippen LogP) is 2.62. The summed E-state index contributed by atoms with van der Waals surface area (Å²) < 4.78 is 0. The van der Waals surface area contributed by atoms with Crippen LogP contribution < -0.4 is 0 Å². The number of Topliss-reactive ketones (excluding diaryl/α,β-unsaturated/α-hetero) is 1. The Morgan fingerprint density at radius 1 is 0.947 bits per heavy atom. The Morgan fingerprint density at radius 3 is 2.11 bits per heavy atom. The second kappa shape index (κ2) is 5.44. The van der Waals surface area contributed by atoms with Gasteiger partial charge in [-0.15, -0.1) is 0 Å². The van der Waals surface area contributed by atoms with Crippen molar-refractivity contribution in [3.63, 3.8) is 0 Å². The number of phenols is 3. The van der Waals surface area contributed by atoms with Crippen LogP contribution in [0.2, 0.25) is 0 Å². The van der Waals surface area contributed by atoms with Gasteiger partial charge in [0.1, 0.15) is 0 Å². The summed E-state index contributed by atoms with van der Waals surface area (Å²) in [6.07, 6.45) is 0.857. The summed E-state index contributed by atoms with van der Waals surface area (Å²) >= 11 is 0. The maximum absolute atomic E-state index is 11.9. The van der Waals surface area contributed by atoms with Crippen molar-refractivity contribution in [3.8, 4) is 17.2 Å². The summed E-state index contributed by atoms with van der Waals surface area (Å²) in [5.41, 5.74) is 1.23. The summed E-state index contributed by atoms with van der Waals surface area (Å²) in [4.78, 5) is 11.9. The van der Waals surface area contributed by atoms with Gasteiger partial charge in [0.25, 0.3) is 0 Å². The highest BCUT2D eigenvalue weighted by Gasteiger charge is 2.13. The monoisotopic (exact) mass is 258 g/mol. The maximum atomic E-state index is 11.9. The third kappa shape index (κ3) is 3.04. The summed E-state index contributed by atoms with van der Waals surface area (Å²) in [5.74, 6) is -1.81. The van der Waals surface area contributed by atoms with Crippen LogP contribution in [0.5, 0.6) is 17.2 Å². The molecule has 0 aliphatic rings. The number of hydrogen-bond donors (Lipinski definition) is 3. The topological polar surface area (TPSA) is 77.8 Å². The molecule has 19 heavy (non-hydrogen) atoms. The minimum atomic E-state index is -0.611. The SMILES string of the molecule is O=C(CCc1ccccc1)c1cc(O)c(O)c(O)c1. The van der Waals surface area contributed by atoms with Gasteiger partial charge in [-0.05, 0) is 24.1 Å². The summed E-state index contributed by atoms with van der Waals surface area (Å²) in [7, 11) is 0. The number of aromatic hydroxyl groups is 3. The van der Waals surface area contributed by atoms with E-state index < -0.39 is 17.2 Å². The fourth-order valence-electron chi connectivity index (χ4n) is 1.81. The number of hydrogen-bond acceptors (Lipinski definition) is 4. The molecule has 0 saturated carbocycles. The number of benzene rings is 2. The molecule has 3 N–H and O–H groups in total. The largest absolute Gasteiger partial charge is 0.504 e. The van der Waals surface area contributed by atoms with E-state index in [1.54, 1.807) is 0 Å². The number of rotatable bonds is 4. The van der Waals surface area contributed by atoms with E-state index in [2.05, 4.69) is 0 Å². The quantitative estimate of drug-likeness (QED) is 0.582. The lowest BCUT2D eigenvalue weighted by atomic mass is 10.0. The Balaban J connectivity index is 2.08. The molecule has 4 heteroatoms. The molecular formula is C15H14O4. The zero-order valence-corrected chi connectivity index (χ0v) is 10.2. The second-order valence-electron chi connectivity index (χ2n) is 4.27. The Hall–Kier alpha value is -2.49. The minimum absolute atomic E-state index is 0.184. The summed E-state index contributed by atoms with van der Waals surface area (Å²) in [5, 5.41) is 27.9. The zero-order valence-electron chi connectivity index (χ0n) is 10.2. The molecule has 0 saturated heterocycles. The molecule has 4 nitrogen and oxygen atoms in total. The molecule has 0 aliphatic carbocycles. The highest BCUT2D eigenvalue weighted by atomic mass is 16.3. The van der Waals surface area contributed by atoms with E-state index in [1.165, 1.54) is 0 Å².